The summed E-state index contributed by atoms with van der Waals surface area (Å²) in [5.74, 6) is 0.359. The highest BCUT2D eigenvalue weighted by atomic mass is 16.5. The molecule has 0 aromatic rings. The Morgan fingerprint density at radius 3 is 3.00 bits per heavy atom. The molecule has 2 aliphatic heterocycles. The van der Waals surface area contributed by atoms with Gasteiger partial charge in [0, 0.05) is 25.7 Å². The highest BCUT2D eigenvalue weighted by molar-refractivity contribution is 5.79. The Labute approximate surface area is 84.4 Å². The van der Waals surface area contributed by atoms with Crippen LogP contribution < -0.4 is 5.73 Å². The second-order valence-electron chi connectivity index (χ2n) is 4.12. The normalized spacial score (nSPS) is 32.5. The van der Waals surface area contributed by atoms with Crippen molar-refractivity contribution >= 4 is 5.91 Å². The molecule has 0 aromatic carbocycles. The number of carbonyl (C=O) groups excluding carboxylic acids is 1. The fraction of sp³-hybridized carbons (Fsp3) is 0.900. The molecule has 0 saturated carbocycles. The van der Waals surface area contributed by atoms with E-state index in [0.29, 0.717) is 13.2 Å². The Kier molecular flexibility index (Phi) is 3.03. The van der Waals surface area contributed by atoms with Crippen LogP contribution in [0.5, 0.6) is 0 Å². The number of hydrogen-bond acceptors (Lipinski definition) is 3. The highest BCUT2D eigenvalue weighted by Crippen LogP contribution is 2.22. The monoisotopic (exact) mass is 198 g/mol. The smallest absolute Gasteiger partial charge is 0.228 e. The van der Waals surface area contributed by atoms with Crippen LogP contribution >= 0.6 is 0 Å². The van der Waals surface area contributed by atoms with Crippen LogP contribution in [-0.2, 0) is 9.53 Å². The van der Waals surface area contributed by atoms with Gasteiger partial charge in [0.2, 0.25) is 5.91 Å². The van der Waals surface area contributed by atoms with E-state index in [1.165, 1.54) is 0 Å². The summed E-state index contributed by atoms with van der Waals surface area (Å²) in [7, 11) is 0. The maximum Gasteiger partial charge on any atom is 0.228 e. The number of nitrogens with zero attached hydrogens (tertiary/aromatic N) is 1. The first-order chi connectivity index (χ1) is 6.83. The largest absolute Gasteiger partial charge is 0.381 e. The summed E-state index contributed by atoms with van der Waals surface area (Å²) >= 11 is 0. The van der Waals surface area contributed by atoms with Crippen molar-refractivity contribution in [2.24, 2.45) is 11.7 Å². The Balaban J connectivity index is 1.95. The van der Waals surface area contributed by atoms with Crippen LogP contribution in [0.3, 0.4) is 0 Å². The summed E-state index contributed by atoms with van der Waals surface area (Å²) in [5, 5.41) is 0. The number of hydrogen-bond donors (Lipinski definition) is 1. The van der Waals surface area contributed by atoms with E-state index in [9.17, 15) is 4.79 Å². The zero-order valence-corrected chi connectivity index (χ0v) is 8.45. The molecule has 2 atom stereocenters. The predicted octanol–water partition coefficient (Wildman–Crippen LogP) is -0.0274. The lowest BCUT2D eigenvalue weighted by Crippen LogP contribution is -2.43. The van der Waals surface area contributed by atoms with Crippen molar-refractivity contribution in [2.45, 2.75) is 25.3 Å². The first-order valence-corrected chi connectivity index (χ1v) is 5.41. The summed E-state index contributed by atoms with van der Waals surface area (Å²) in [6, 6.07) is 0.281. The van der Waals surface area contributed by atoms with Crippen LogP contribution in [0.2, 0.25) is 0 Å². The molecule has 2 N–H and O–H groups in total. The molecule has 0 aromatic heterocycles. The van der Waals surface area contributed by atoms with Gasteiger partial charge in [-0.1, -0.05) is 0 Å². The van der Waals surface area contributed by atoms with E-state index in [1.807, 2.05) is 4.90 Å². The second kappa shape index (κ2) is 4.28. The second-order valence-corrected chi connectivity index (χ2v) is 4.12. The lowest BCUT2D eigenvalue weighted by Gasteiger charge is -2.25. The Bertz CT molecular complexity index is 214. The lowest BCUT2D eigenvalue weighted by molar-refractivity contribution is -0.136. The number of nitrogens with two attached hydrogens (primary N) is 1. The fourth-order valence-corrected chi connectivity index (χ4v) is 2.33. The van der Waals surface area contributed by atoms with Gasteiger partial charge in [-0.15, -0.1) is 0 Å². The molecular weight excluding hydrogens is 180 g/mol. The number of likely N-dealkylation sites (tertiary alicyclic amines) is 1. The minimum absolute atomic E-state index is 0.0992. The molecule has 4 nitrogen and oxygen atoms in total. The number of amides is 1. The SMILES string of the molecule is NC[C@@H]1CCCN1C(=O)C1CCOC1. The van der Waals surface area contributed by atoms with Crippen molar-refractivity contribution < 1.29 is 9.53 Å². The summed E-state index contributed by atoms with van der Waals surface area (Å²) < 4.78 is 5.23. The molecule has 1 amide bonds. The van der Waals surface area contributed by atoms with Crippen molar-refractivity contribution in [3.63, 3.8) is 0 Å². The Morgan fingerprint density at radius 2 is 2.36 bits per heavy atom. The van der Waals surface area contributed by atoms with Gasteiger partial charge >= 0.3 is 0 Å². The van der Waals surface area contributed by atoms with Gasteiger partial charge in [0.1, 0.15) is 0 Å². The minimum atomic E-state index is 0.0992. The van der Waals surface area contributed by atoms with E-state index in [1.54, 1.807) is 0 Å². The molecule has 1 unspecified atom stereocenters. The van der Waals surface area contributed by atoms with Gasteiger partial charge in [0.05, 0.1) is 12.5 Å². The van der Waals surface area contributed by atoms with Gasteiger partial charge in [-0.25, -0.2) is 0 Å². The van der Waals surface area contributed by atoms with Gasteiger partial charge in [-0.3, -0.25) is 4.79 Å². The van der Waals surface area contributed by atoms with Gasteiger partial charge in [0.15, 0.2) is 0 Å². The third-order valence-corrected chi connectivity index (χ3v) is 3.21. The molecule has 2 saturated heterocycles. The molecule has 0 radical (unpaired) electrons. The van der Waals surface area contributed by atoms with E-state index in [0.717, 1.165) is 32.4 Å². The van der Waals surface area contributed by atoms with E-state index in [4.69, 9.17) is 10.5 Å². The van der Waals surface area contributed by atoms with Crippen molar-refractivity contribution in [3.05, 3.63) is 0 Å². The summed E-state index contributed by atoms with van der Waals surface area (Å²) in [5.41, 5.74) is 5.64. The molecule has 0 aliphatic carbocycles. The van der Waals surface area contributed by atoms with E-state index in [2.05, 4.69) is 0 Å². The van der Waals surface area contributed by atoms with Crippen molar-refractivity contribution in [1.29, 1.82) is 0 Å². The summed E-state index contributed by atoms with van der Waals surface area (Å²) in [6.45, 7) is 2.82. The molecule has 2 fully saturated rings. The van der Waals surface area contributed by atoms with Crippen molar-refractivity contribution in [3.8, 4) is 0 Å². The zero-order valence-electron chi connectivity index (χ0n) is 8.45. The Hall–Kier alpha value is -0.610. The van der Waals surface area contributed by atoms with Gasteiger partial charge in [-0.05, 0) is 19.3 Å². The molecular formula is C10H18N2O2. The van der Waals surface area contributed by atoms with Crippen molar-refractivity contribution in [2.75, 3.05) is 26.3 Å². The molecule has 2 heterocycles. The zero-order chi connectivity index (χ0) is 9.97. The number of ether oxygens (including phenoxy) is 1. The predicted molar refractivity (Wildman–Crippen MR) is 52.7 cm³/mol. The van der Waals surface area contributed by atoms with Crippen LogP contribution in [0.4, 0.5) is 0 Å². The quantitative estimate of drug-likeness (QED) is 0.678. The Morgan fingerprint density at radius 1 is 1.50 bits per heavy atom. The van der Waals surface area contributed by atoms with Crippen LogP contribution in [0.25, 0.3) is 0 Å². The summed E-state index contributed by atoms with van der Waals surface area (Å²) in [6.07, 6.45) is 3.05. The molecule has 2 rings (SSSR count). The molecule has 0 spiro atoms. The molecule has 14 heavy (non-hydrogen) atoms. The van der Waals surface area contributed by atoms with Crippen LogP contribution in [0.1, 0.15) is 19.3 Å². The molecule has 80 valence electrons. The van der Waals surface area contributed by atoms with E-state index < -0.39 is 0 Å². The maximum atomic E-state index is 12.0. The van der Waals surface area contributed by atoms with Gasteiger partial charge in [-0.2, -0.15) is 0 Å². The first-order valence-electron chi connectivity index (χ1n) is 5.41. The first kappa shape index (κ1) is 9.93. The molecule has 4 heteroatoms. The van der Waals surface area contributed by atoms with Crippen molar-refractivity contribution in [1.82, 2.24) is 4.90 Å². The fourth-order valence-electron chi connectivity index (χ4n) is 2.33. The highest BCUT2D eigenvalue weighted by Gasteiger charge is 2.33. The third kappa shape index (κ3) is 1.77. The maximum absolute atomic E-state index is 12.0. The van der Waals surface area contributed by atoms with Crippen LogP contribution in [-0.4, -0.2) is 43.2 Å². The van der Waals surface area contributed by atoms with Gasteiger partial charge in [0.25, 0.3) is 0 Å². The molecule has 2 aliphatic rings. The minimum Gasteiger partial charge on any atom is -0.381 e. The van der Waals surface area contributed by atoms with Crippen LogP contribution in [0, 0.1) is 5.92 Å². The summed E-state index contributed by atoms with van der Waals surface area (Å²) in [4.78, 5) is 14.0. The average Bonchev–Trinajstić information content (AvgIpc) is 2.87. The number of carbonyl (C=O) groups is 1. The number of rotatable bonds is 2. The van der Waals surface area contributed by atoms with Gasteiger partial charge < -0.3 is 15.4 Å². The standard InChI is InChI=1S/C10H18N2O2/c11-6-9-2-1-4-12(9)10(13)8-3-5-14-7-8/h8-9H,1-7,11H2/t8?,9-/m0/s1. The average molecular weight is 198 g/mol. The molecule has 0 bridgehead atoms. The van der Waals surface area contributed by atoms with E-state index >= 15 is 0 Å². The lowest BCUT2D eigenvalue weighted by atomic mass is 10.1. The topological polar surface area (TPSA) is 55.6 Å². The third-order valence-electron chi connectivity index (χ3n) is 3.21. The van der Waals surface area contributed by atoms with Crippen LogP contribution in [0.15, 0.2) is 0 Å². The van der Waals surface area contributed by atoms with E-state index in [-0.39, 0.29) is 17.9 Å².